The summed E-state index contributed by atoms with van der Waals surface area (Å²) < 4.78 is 7.96. The van der Waals surface area contributed by atoms with E-state index in [0.29, 0.717) is 11.1 Å². The second-order valence-electron chi connectivity index (χ2n) is 2.40. The molecule has 1 aromatic carbocycles. The normalized spacial score (nSPS) is 10.4. The van der Waals surface area contributed by atoms with Gasteiger partial charge in [-0.2, -0.15) is 0 Å². The van der Waals surface area contributed by atoms with Gasteiger partial charge in [-0.05, 0) is 29.7 Å². The highest BCUT2D eigenvalue weighted by Crippen LogP contribution is 2.17. The van der Waals surface area contributed by atoms with Crippen LogP contribution in [0.2, 0.25) is 0 Å². The van der Waals surface area contributed by atoms with Gasteiger partial charge in [-0.3, -0.25) is 4.79 Å². The SMILES string of the molecule is COc1ccc2[nH]sc(=O)c2c1. The van der Waals surface area contributed by atoms with Crippen molar-refractivity contribution in [3.05, 3.63) is 27.7 Å². The van der Waals surface area contributed by atoms with Gasteiger partial charge in [0.05, 0.1) is 18.0 Å². The first-order chi connectivity index (χ1) is 5.81. The van der Waals surface area contributed by atoms with E-state index in [1.54, 1.807) is 13.2 Å². The summed E-state index contributed by atoms with van der Waals surface area (Å²) in [6.45, 7) is 0. The van der Waals surface area contributed by atoms with Crippen molar-refractivity contribution in [2.45, 2.75) is 0 Å². The van der Waals surface area contributed by atoms with Crippen LogP contribution >= 0.6 is 11.5 Å². The molecule has 62 valence electrons. The molecule has 0 radical (unpaired) electrons. The van der Waals surface area contributed by atoms with Crippen LogP contribution in [0.5, 0.6) is 5.75 Å². The molecule has 0 bridgehead atoms. The molecule has 0 saturated heterocycles. The number of rotatable bonds is 1. The maximum Gasteiger partial charge on any atom is 0.257 e. The maximum absolute atomic E-state index is 11.2. The number of ether oxygens (including phenoxy) is 1. The van der Waals surface area contributed by atoms with E-state index < -0.39 is 0 Å². The van der Waals surface area contributed by atoms with Crippen molar-refractivity contribution in [3.8, 4) is 5.75 Å². The highest BCUT2D eigenvalue weighted by molar-refractivity contribution is 7.04. The van der Waals surface area contributed by atoms with Crippen LogP contribution in [0.4, 0.5) is 0 Å². The number of nitrogens with one attached hydrogen (secondary N) is 1. The van der Waals surface area contributed by atoms with Gasteiger partial charge in [0.2, 0.25) is 0 Å². The summed E-state index contributed by atoms with van der Waals surface area (Å²) in [7, 11) is 1.59. The van der Waals surface area contributed by atoms with Crippen LogP contribution in [0.3, 0.4) is 0 Å². The third kappa shape index (κ3) is 1.00. The lowest BCUT2D eigenvalue weighted by Gasteiger charge is -1.96. The van der Waals surface area contributed by atoms with E-state index in [1.807, 2.05) is 12.1 Å². The zero-order valence-electron chi connectivity index (χ0n) is 6.46. The summed E-state index contributed by atoms with van der Waals surface area (Å²) in [4.78, 5) is 11.2. The molecule has 0 aliphatic rings. The summed E-state index contributed by atoms with van der Waals surface area (Å²) >= 11 is 1.10. The van der Waals surface area contributed by atoms with Crippen LogP contribution in [0.15, 0.2) is 23.0 Å². The summed E-state index contributed by atoms with van der Waals surface area (Å²) in [6.07, 6.45) is 0. The predicted molar refractivity (Wildman–Crippen MR) is 49.0 cm³/mol. The molecule has 2 rings (SSSR count). The molecular weight excluding hydrogens is 174 g/mol. The molecule has 0 aliphatic heterocycles. The molecule has 0 unspecified atom stereocenters. The Labute approximate surface area is 72.8 Å². The molecule has 0 fully saturated rings. The first-order valence-electron chi connectivity index (χ1n) is 3.46. The molecule has 0 spiro atoms. The van der Waals surface area contributed by atoms with Crippen LogP contribution < -0.4 is 9.48 Å². The minimum atomic E-state index is 0.0453. The summed E-state index contributed by atoms with van der Waals surface area (Å²) in [5, 5.41) is 0.694. The number of aromatic nitrogens is 1. The Morgan fingerprint density at radius 2 is 2.33 bits per heavy atom. The van der Waals surface area contributed by atoms with Crippen molar-refractivity contribution in [3.63, 3.8) is 0 Å². The minimum absolute atomic E-state index is 0.0453. The summed E-state index contributed by atoms with van der Waals surface area (Å²) in [5.41, 5.74) is 0.866. The Kier molecular flexibility index (Phi) is 1.62. The Morgan fingerprint density at radius 3 is 3.08 bits per heavy atom. The van der Waals surface area contributed by atoms with Gasteiger partial charge in [-0.15, -0.1) is 0 Å². The van der Waals surface area contributed by atoms with Crippen LogP contribution in [-0.2, 0) is 0 Å². The van der Waals surface area contributed by atoms with E-state index in [4.69, 9.17) is 4.74 Å². The van der Waals surface area contributed by atoms with E-state index in [0.717, 1.165) is 17.0 Å². The molecule has 0 aliphatic carbocycles. The molecule has 2 aromatic rings. The molecule has 1 heterocycles. The predicted octanol–water partition coefficient (Wildman–Crippen LogP) is 1.60. The quantitative estimate of drug-likeness (QED) is 0.726. The van der Waals surface area contributed by atoms with Crippen LogP contribution in [0, 0.1) is 0 Å². The van der Waals surface area contributed by atoms with Crippen molar-refractivity contribution in [1.82, 2.24) is 4.37 Å². The van der Waals surface area contributed by atoms with Crippen LogP contribution in [-0.4, -0.2) is 11.5 Å². The van der Waals surface area contributed by atoms with Crippen molar-refractivity contribution in [1.29, 1.82) is 0 Å². The monoisotopic (exact) mass is 181 g/mol. The molecule has 12 heavy (non-hydrogen) atoms. The number of aromatic amines is 1. The highest BCUT2D eigenvalue weighted by atomic mass is 32.1. The first-order valence-corrected chi connectivity index (χ1v) is 4.28. The van der Waals surface area contributed by atoms with Gasteiger partial charge in [0, 0.05) is 0 Å². The summed E-state index contributed by atoms with van der Waals surface area (Å²) in [5.74, 6) is 0.714. The topological polar surface area (TPSA) is 42.1 Å². The van der Waals surface area contributed by atoms with E-state index in [9.17, 15) is 4.79 Å². The smallest absolute Gasteiger partial charge is 0.257 e. The molecular formula is C8H7NO2S. The van der Waals surface area contributed by atoms with Gasteiger partial charge < -0.3 is 9.11 Å². The molecule has 1 aromatic heterocycles. The van der Waals surface area contributed by atoms with Crippen molar-refractivity contribution in [2.24, 2.45) is 0 Å². The Hall–Kier alpha value is -1.29. The van der Waals surface area contributed by atoms with E-state index in [1.165, 1.54) is 0 Å². The van der Waals surface area contributed by atoms with E-state index in [-0.39, 0.29) is 4.74 Å². The Bertz CT molecular complexity index is 457. The minimum Gasteiger partial charge on any atom is -0.497 e. The zero-order chi connectivity index (χ0) is 8.55. The van der Waals surface area contributed by atoms with Crippen molar-refractivity contribution >= 4 is 22.4 Å². The van der Waals surface area contributed by atoms with Gasteiger partial charge in [-0.25, -0.2) is 0 Å². The number of hydrogen-bond donors (Lipinski definition) is 1. The van der Waals surface area contributed by atoms with Gasteiger partial charge in [-0.1, -0.05) is 0 Å². The fraction of sp³-hybridized carbons (Fsp3) is 0.125. The third-order valence-electron chi connectivity index (χ3n) is 1.70. The Balaban J connectivity index is 2.80. The van der Waals surface area contributed by atoms with Crippen molar-refractivity contribution < 1.29 is 4.74 Å². The second kappa shape index (κ2) is 2.64. The lowest BCUT2D eigenvalue weighted by molar-refractivity contribution is 0.415. The van der Waals surface area contributed by atoms with Crippen LogP contribution in [0.1, 0.15) is 0 Å². The molecule has 0 saturated carbocycles. The molecule has 0 amide bonds. The van der Waals surface area contributed by atoms with E-state index >= 15 is 0 Å². The fourth-order valence-corrected chi connectivity index (χ4v) is 1.72. The standard InChI is InChI=1S/C8H7NO2S/c1-11-5-2-3-7-6(4-5)8(10)12-9-7/h2-4,9H,1H3. The number of fused-ring (bicyclic) bond motifs is 1. The largest absolute Gasteiger partial charge is 0.497 e. The van der Waals surface area contributed by atoms with Crippen LogP contribution in [0.25, 0.3) is 10.9 Å². The number of benzene rings is 1. The average Bonchev–Trinajstić information content (AvgIpc) is 2.47. The van der Waals surface area contributed by atoms with Crippen molar-refractivity contribution in [2.75, 3.05) is 7.11 Å². The fourth-order valence-electron chi connectivity index (χ4n) is 1.06. The molecule has 4 heteroatoms. The Morgan fingerprint density at radius 1 is 1.50 bits per heavy atom. The zero-order valence-corrected chi connectivity index (χ0v) is 7.27. The van der Waals surface area contributed by atoms with Gasteiger partial charge in [0.25, 0.3) is 4.74 Å². The highest BCUT2D eigenvalue weighted by Gasteiger charge is 2.01. The third-order valence-corrected chi connectivity index (χ3v) is 2.43. The van der Waals surface area contributed by atoms with Gasteiger partial charge >= 0.3 is 0 Å². The average molecular weight is 181 g/mol. The number of hydrogen-bond acceptors (Lipinski definition) is 3. The van der Waals surface area contributed by atoms with E-state index in [2.05, 4.69) is 4.37 Å². The number of H-pyrrole nitrogens is 1. The second-order valence-corrected chi connectivity index (χ2v) is 3.18. The molecule has 3 nitrogen and oxygen atoms in total. The lowest BCUT2D eigenvalue weighted by atomic mass is 10.2. The first kappa shape index (κ1) is 7.36. The molecule has 1 N–H and O–H groups in total. The lowest BCUT2D eigenvalue weighted by Crippen LogP contribution is -1.88. The van der Waals surface area contributed by atoms with Gasteiger partial charge in [0.15, 0.2) is 0 Å². The summed E-state index contributed by atoms with van der Waals surface area (Å²) in [6, 6.07) is 5.40. The maximum atomic E-state index is 11.2. The molecule has 0 atom stereocenters. The number of methoxy groups -OCH3 is 1. The van der Waals surface area contributed by atoms with Gasteiger partial charge in [0.1, 0.15) is 5.75 Å².